The number of aromatic nitrogens is 1. The maximum absolute atomic E-state index is 8.56. The molecular weight excluding hydrogens is 166 g/mol. The molecule has 1 N–H and O–H groups in total. The zero-order chi connectivity index (χ0) is 9.10. The van der Waals surface area contributed by atoms with Crippen molar-refractivity contribution < 1.29 is 4.84 Å². The molecule has 1 aromatic rings. The fourth-order valence-corrected chi connectivity index (χ4v) is 1.09. The van der Waals surface area contributed by atoms with Crippen LogP contribution in [0.5, 0.6) is 0 Å². The summed E-state index contributed by atoms with van der Waals surface area (Å²) in [6.07, 6.45) is 4.62. The molecule has 13 heavy (non-hydrogen) atoms. The smallest absolute Gasteiger partial charge is 0.192 e. The molecule has 1 atom stereocenters. The van der Waals surface area contributed by atoms with Gasteiger partial charge in [-0.3, -0.25) is 15.3 Å². The second-order valence-electron chi connectivity index (χ2n) is 2.59. The summed E-state index contributed by atoms with van der Waals surface area (Å²) in [5.74, 6) is 0. The van der Waals surface area contributed by atoms with Gasteiger partial charge in [-0.25, -0.2) is 0 Å². The Morgan fingerprint density at radius 3 is 3.15 bits per heavy atom. The van der Waals surface area contributed by atoms with Crippen LogP contribution in [-0.4, -0.2) is 11.1 Å². The monoisotopic (exact) mass is 173 g/mol. The van der Waals surface area contributed by atoms with Gasteiger partial charge in [0.05, 0.1) is 5.70 Å². The highest BCUT2D eigenvalue weighted by Gasteiger charge is 2.15. The maximum atomic E-state index is 8.56. The van der Waals surface area contributed by atoms with Crippen LogP contribution in [0.15, 0.2) is 30.6 Å². The van der Waals surface area contributed by atoms with E-state index in [1.807, 2.05) is 18.2 Å². The van der Waals surface area contributed by atoms with E-state index in [0.29, 0.717) is 0 Å². The van der Waals surface area contributed by atoms with Gasteiger partial charge in [0, 0.05) is 18.0 Å². The Bertz CT molecular complexity index is 366. The van der Waals surface area contributed by atoms with Gasteiger partial charge in [-0.2, -0.15) is 5.26 Å². The minimum absolute atomic E-state index is 0.504. The second kappa shape index (κ2) is 3.25. The van der Waals surface area contributed by atoms with Crippen molar-refractivity contribution in [3.05, 3.63) is 36.2 Å². The SMILES string of the molecule is N#CC1C=C(c2cccnc2)NO1. The van der Waals surface area contributed by atoms with Crippen molar-refractivity contribution in [2.45, 2.75) is 6.10 Å². The third-order valence-corrected chi connectivity index (χ3v) is 1.71. The molecule has 0 spiro atoms. The van der Waals surface area contributed by atoms with Crippen LogP contribution in [0.3, 0.4) is 0 Å². The minimum atomic E-state index is -0.504. The van der Waals surface area contributed by atoms with Gasteiger partial charge in [-0.1, -0.05) is 0 Å². The number of nitrogens with zero attached hydrogens (tertiary/aromatic N) is 2. The third-order valence-electron chi connectivity index (χ3n) is 1.71. The molecule has 1 aliphatic rings. The van der Waals surface area contributed by atoms with Gasteiger partial charge < -0.3 is 0 Å². The van der Waals surface area contributed by atoms with Crippen molar-refractivity contribution in [1.29, 1.82) is 5.26 Å². The first-order valence-corrected chi connectivity index (χ1v) is 3.83. The Morgan fingerprint density at radius 2 is 2.54 bits per heavy atom. The van der Waals surface area contributed by atoms with E-state index in [1.54, 1.807) is 18.5 Å². The topological polar surface area (TPSA) is 57.9 Å². The third kappa shape index (κ3) is 1.50. The lowest BCUT2D eigenvalue weighted by atomic mass is 10.2. The summed E-state index contributed by atoms with van der Waals surface area (Å²) >= 11 is 0. The average Bonchev–Trinajstić information content (AvgIpc) is 2.67. The molecule has 0 aromatic carbocycles. The van der Waals surface area contributed by atoms with Crippen molar-refractivity contribution >= 4 is 5.70 Å². The minimum Gasteiger partial charge on any atom is -0.265 e. The number of rotatable bonds is 1. The highest BCUT2D eigenvalue weighted by atomic mass is 16.7. The fourth-order valence-electron chi connectivity index (χ4n) is 1.09. The molecule has 2 heterocycles. The van der Waals surface area contributed by atoms with E-state index in [9.17, 15) is 0 Å². The maximum Gasteiger partial charge on any atom is 0.192 e. The molecule has 0 saturated heterocycles. The van der Waals surface area contributed by atoms with Gasteiger partial charge in [0.15, 0.2) is 6.10 Å². The summed E-state index contributed by atoms with van der Waals surface area (Å²) in [5, 5.41) is 8.56. The molecule has 0 bridgehead atoms. The van der Waals surface area contributed by atoms with E-state index >= 15 is 0 Å². The van der Waals surface area contributed by atoms with Crippen molar-refractivity contribution in [2.24, 2.45) is 0 Å². The first-order chi connectivity index (χ1) is 6.40. The molecule has 0 amide bonds. The van der Waals surface area contributed by atoms with Gasteiger partial charge in [0.25, 0.3) is 0 Å². The van der Waals surface area contributed by atoms with Crippen LogP contribution < -0.4 is 5.48 Å². The molecule has 64 valence electrons. The lowest BCUT2D eigenvalue weighted by Gasteiger charge is -2.00. The van der Waals surface area contributed by atoms with Crippen LogP contribution in [0.25, 0.3) is 5.70 Å². The largest absolute Gasteiger partial charge is 0.265 e. The van der Waals surface area contributed by atoms with Gasteiger partial charge in [0.2, 0.25) is 0 Å². The summed E-state index contributed by atoms with van der Waals surface area (Å²) in [7, 11) is 0. The normalized spacial score (nSPS) is 20.2. The molecule has 1 unspecified atom stereocenters. The number of hydrogen-bond acceptors (Lipinski definition) is 4. The molecule has 0 fully saturated rings. The molecule has 0 radical (unpaired) electrons. The lowest BCUT2D eigenvalue weighted by molar-refractivity contribution is 0.0823. The average molecular weight is 173 g/mol. The number of pyridine rings is 1. The van der Waals surface area contributed by atoms with Crippen LogP contribution in [0.2, 0.25) is 0 Å². The van der Waals surface area contributed by atoms with Gasteiger partial charge in [-0.15, -0.1) is 0 Å². The molecule has 1 aliphatic heterocycles. The van der Waals surface area contributed by atoms with E-state index in [4.69, 9.17) is 10.1 Å². The molecule has 4 heteroatoms. The van der Waals surface area contributed by atoms with Gasteiger partial charge in [-0.05, 0) is 18.2 Å². The quantitative estimate of drug-likeness (QED) is 0.684. The standard InChI is InChI=1S/C9H7N3O/c10-5-8-4-9(12-13-8)7-2-1-3-11-6-7/h1-4,6,8,12H. The van der Waals surface area contributed by atoms with Crippen LogP contribution in [0.4, 0.5) is 0 Å². The first kappa shape index (κ1) is 7.77. The summed E-state index contributed by atoms with van der Waals surface area (Å²) in [6.45, 7) is 0. The number of nitrogens with one attached hydrogen (secondary N) is 1. The second-order valence-corrected chi connectivity index (χ2v) is 2.59. The van der Waals surface area contributed by atoms with Crippen LogP contribution in [0.1, 0.15) is 5.56 Å². The molecule has 1 aromatic heterocycles. The predicted molar refractivity (Wildman–Crippen MR) is 45.8 cm³/mol. The Balaban J connectivity index is 2.26. The van der Waals surface area contributed by atoms with Gasteiger partial charge in [0.1, 0.15) is 6.07 Å². The van der Waals surface area contributed by atoms with E-state index in [-0.39, 0.29) is 0 Å². The Hall–Kier alpha value is -1.86. The molecule has 0 saturated carbocycles. The summed E-state index contributed by atoms with van der Waals surface area (Å²) < 4.78 is 0. The van der Waals surface area contributed by atoms with E-state index in [0.717, 1.165) is 11.3 Å². The van der Waals surface area contributed by atoms with E-state index < -0.39 is 6.10 Å². The van der Waals surface area contributed by atoms with E-state index in [2.05, 4.69) is 10.5 Å². The van der Waals surface area contributed by atoms with Gasteiger partial charge >= 0.3 is 0 Å². The molecule has 4 nitrogen and oxygen atoms in total. The zero-order valence-corrected chi connectivity index (χ0v) is 6.77. The Morgan fingerprint density at radius 1 is 1.62 bits per heavy atom. The number of nitriles is 1. The van der Waals surface area contributed by atoms with Crippen LogP contribution in [0, 0.1) is 11.3 Å². The molecule has 0 aliphatic carbocycles. The predicted octanol–water partition coefficient (Wildman–Crippen LogP) is 0.849. The Labute approximate surface area is 75.4 Å². The fraction of sp³-hybridized carbons (Fsp3) is 0.111. The van der Waals surface area contributed by atoms with Crippen molar-refractivity contribution in [1.82, 2.24) is 10.5 Å². The zero-order valence-electron chi connectivity index (χ0n) is 6.77. The summed E-state index contributed by atoms with van der Waals surface area (Å²) in [6, 6.07) is 5.71. The van der Waals surface area contributed by atoms with Crippen molar-refractivity contribution in [3.8, 4) is 6.07 Å². The summed E-state index contributed by atoms with van der Waals surface area (Å²) in [4.78, 5) is 8.90. The van der Waals surface area contributed by atoms with Crippen LogP contribution in [-0.2, 0) is 4.84 Å². The van der Waals surface area contributed by atoms with Crippen LogP contribution >= 0.6 is 0 Å². The van der Waals surface area contributed by atoms with Crippen molar-refractivity contribution in [3.63, 3.8) is 0 Å². The molecular formula is C9H7N3O. The summed E-state index contributed by atoms with van der Waals surface area (Å²) in [5.41, 5.74) is 4.38. The highest BCUT2D eigenvalue weighted by Crippen LogP contribution is 2.16. The highest BCUT2D eigenvalue weighted by molar-refractivity contribution is 5.64. The van der Waals surface area contributed by atoms with Crippen molar-refractivity contribution in [2.75, 3.05) is 0 Å². The number of hydroxylamine groups is 1. The van der Waals surface area contributed by atoms with E-state index in [1.165, 1.54) is 0 Å². The number of hydrogen-bond donors (Lipinski definition) is 1. The lowest BCUT2D eigenvalue weighted by Crippen LogP contribution is -2.10. The molecule has 2 rings (SSSR count). The Kier molecular flexibility index (Phi) is 1.94. The first-order valence-electron chi connectivity index (χ1n) is 3.83.